The highest BCUT2D eigenvalue weighted by molar-refractivity contribution is 6.10. The molecule has 3 rings (SSSR count). The highest BCUT2D eigenvalue weighted by Gasteiger charge is 2.08. The van der Waals surface area contributed by atoms with Gasteiger partial charge >= 0.3 is 0 Å². The van der Waals surface area contributed by atoms with Gasteiger partial charge in [0.15, 0.2) is 5.43 Å². The summed E-state index contributed by atoms with van der Waals surface area (Å²) in [7, 11) is 0. The molecule has 0 bridgehead atoms. The van der Waals surface area contributed by atoms with E-state index in [2.05, 4.69) is 4.99 Å². The number of nitrogens with zero attached hydrogens (tertiary/aromatic N) is 1. The smallest absolute Gasteiger partial charge is 0.179 e. The third kappa shape index (κ3) is 0.909. The lowest BCUT2D eigenvalue weighted by Crippen LogP contribution is -1.89. The summed E-state index contributed by atoms with van der Waals surface area (Å²) in [6.45, 7) is 0. The van der Waals surface area contributed by atoms with E-state index in [4.69, 9.17) is 0 Å². The summed E-state index contributed by atoms with van der Waals surface area (Å²) in [5, 5.41) is 2.04. The zero-order chi connectivity index (χ0) is 9.54. The molecule has 2 aromatic carbocycles. The van der Waals surface area contributed by atoms with Crippen molar-refractivity contribution in [1.29, 1.82) is 0 Å². The number of benzene rings is 1. The maximum Gasteiger partial charge on any atom is 0.179 e. The van der Waals surface area contributed by atoms with Gasteiger partial charge in [-0.2, -0.15) is 0 Å². The van der Waals surface area contributed by atoms with Gasteiger partial charge in [-0.3, -0.25) is 9.79 Å². The normalized spacial score (nSPS) is 12.3. The van der Waals surface area contributed by atoms with Crippen molar-refractivity contribution in [3.63, 3.8) is 0 Å². The standard InChI is InChI=1S/C12H7NO/c14-10-4-5-11-12-8(6-10)2-1-3-9(12)7-13-11/h1-7H. The number of hydrogen-bond acceptors (Lipinski definition) is 2. The summed E-state index contributed by atoms with van der Waals surface area (Å²) in [5.41, 5.74) is 2.00. The summed E-state index contributed by atoms with van der Waals surface area (Å²) in [6.07, 6.45) is 1.84. The van der Waals surface area contributed by atoms with Gasteiger partial charge in [-0.15, -0.1) is 0 Å². The minimum atomic E-state index is 0.0236. The Kier molecular flexibility index (Phi) is 1.34. The van der Waals surface area contributed by atoms with Crippen LogP contribution in [0.15, 0.2) is 46.2 Å². The summed E-state index contributed by atoms with van der Waals surface area (Å²) < 4.78 is 0. The largest absolute Gasteiger partial charge is 0.290 e. The SMILES string of the molecule is O=c1ccc2c3c(cccc3c1)C=N2. The summed E-state index contributed by atoms with van der Waals surface area (Å²) >= 11 is 0. The molecule has 0 saturated carbocycles. The second-order valence-corrected chi connectivity index (χ2v) is 3.33. The average molecular weight is 181 g/mol. The van der Waals surface area contributed by atoms with Crippen molar-refractivity contribution in [2.75, 3.05) is 0 Å². The Morgan fingerprint density at radius 1 is 1.07 bits per heavy atom. The molecule has 0 fully saturated rings. The molecular formula is C12H7NO. The van der Waals surface area contributed by atoms with Crippen molar-refractivity contribution in [2.24, 2.45) is 4.99 Å². The molecular weight excluding hydrogens is 174 g/mol. The van der Waals surface area contributed by atoms with Crippen LogP contribution in [0.4, 0.5) is 5.69 Å². The predicted molar refractivity (Wildman–Crippen MR) is 57.5 cm³/mol. The zero-order valence-electron chi connectivity index (χ0n) is 7.40. The van der Waals surface area contributed by atoms with Gasteiger partial charge in [-0.1, -0.05) is 18.2 Å². The van der Waals surface area contributed by atoms with E-state index in [0.29, 0.717) is 0 Å². The third-order valence-electron chi connectivity index (χ3n) is 2.43. The molecule has 0 amide bonds. The van der Waals surface area contributed by atoms with Gasteiger partial charge in [-0.05, 0) is 23.6 Å². The van der Waals surface area contributed by atoms with Crippen molar-refractivity contribution in [3.8, 4) is 0 Å². The van der Waals surface area contributed by atoms with E-state index >= 15 is 0 Å². The number of rotatable bonds is 0. The first-order valence-corrected chi connectivity index (χ1v) is 4.46. The first kappa shape index (κ1) is 7.44. The lowest BCUT2D eigenvalue weighted by atomic mass is 10.1. The Hall–Kier alpha value is -1.96. The van der Waals surface area contributed by atoms with Crippen LogP contribution < -0.4 is 5.43 Å². The minimum absolute atomic E-state index is 0.0236. The molecule has 2 heteroatoms. The van der Waals surface area contributed by atoms with Gasteiger partial charge in [0.25, 0.3) is 0 Å². The number of hydrogen-bond donors (Lipinski definition) is 0. The Bertz CT molecular complexity index is 614. The minimum Gasteiger partial charge on any atom is -0.290 e. The third-order valence-corrected chi connectivity index (χ3v) is 2.43. The Morgan fingerprint density at radius 3 is 2.93 bits per heavy atom. The van der Waals surface area contributed by atoms with Crippen LogP contribution in [0.25, 0.3) is 10.8 Å². The first-order valence-electron chi connectivity index (χ1n) is 4.46. The quantitative estimate of drug-likeness (QED) is 0.523. The molecule has 0 atom stereocenters. The van der Waals surface area contributed by atoms with Crippen molar-refractivity contribution in [3.05, 3.63) is 52.2 Å². The topological polar surface area (TPSA) is 29.4 Å². The predicted octanol–water partition coefficient (Wildman–Crippen LogP) is 2.26. The zero-order valence-corrected chi connectivity index (χ0v) is 7.40. The molecule has 0 N–H and O–H groups in total. The van der Waals surface area contributed by atoms with Crippen LogP contribution in [-0.2, 0) is 0 Å². The molecule has 1 heterocycles. The highest BCUT2D eigenvalue weighted by atomic mass is 16.1. The molecule has 0 radical (unpaired) electrons. The molecule has 0 spiro atoms. The van der Waals surface area contributed by atoms with Crippen LogP contribution in [0.1, 0.15) is 5.56 Å². The summed E-state index contributed by atoms with van der Waals surface area (Å²) in [5.74, 6) is 0. The van der Waals surface area contributed by atoms with E-state index in [1.807, 2.05) is 24.4 Å². The van der Waals surface area contributed by atoms with Crippen LogP contribution in [0.5, 0.6) is 0 Å². The van der Waals surface area contributed by atoms with Gasteiger partial charge in [-0.25, -0.2) is 0 Å². The van der Waals surface area contributed by atoms with Crippen LogP contribution in [0.3, 0.4) is 0 Å². The van der Waals surface area contributed by atoms with E-state index in [1.165, 1.54) is 0 Å². The molecule has 0 saturated heterocycles. The van der Waals surface area contributed by atoms with E-state index in [-0.39, 0.29) is 5.43 Å². The van der Waals surface area contributed by atoms with Crippen molar-refractivity contribution in [1.82, 2.24) is 0 Å². The van der Waals surface area contributed by atoms with Crippen LogP contribution in [-0.4, -0.2) is 6.21 Å². The van der Waals surface area contributed by atoms with E-state index in [9.17, 15) is 4.79 Å². The van der Waals surface area contributed by atoms with Crippen molar-refractivity contribution < 1.29 is 0 Å². The molecule has 14 heavy (non-hydrogen) atoms. The fourth-order valence-corrected chi connectivity index (χ4v) is 1.80. The van der Waals surface area contributed by atoms with Gasteiger partial charge in [0.2, 0.25) is 0 Å². The molecule has 0 aromatic heterocycles. The van der Waals surface area contributed by atoms with Crippen LogP contribution >= 0.6 is 0 Å². The van der Waals surface area contributed by atoms with Crippen molar-refractivity contribution in [2.45, 2.75) is 0 Å². The molecule has 0 aliphatic carbocycles. The van der Waals surface area contributed by atoms with Gasteiger partial charge in [0.1, 0.15) is 0 Å². The first-order chi connectivity index (χ1) is 6.84. The molecule has 2 nitrogen and oxygen atoms in total. The average Bonchev–Trinajstić information content (AvgIpc) is 2.51. The monoisotopic (exact) mass is 181 g/mol. The molecule has 1 aliphatic rings. The Balaban J connectivity index is 2.67. The Morgan fingerprint density at radius 2 is 2.00 bits per heavy atom. The van der Waals surface area contributed by atoms with E-state index < -0.39 is 0 Å². The Labute approximate surface area is 80.5 Å². The maximum absolute atomic E-state index is 11.3. The summed E-state index contributed by atoms with van der Waals surface area (Å²) in [6, 6.07) is 10.9. The summed E-state index contributed by atoms with van der Waals surface area (Å²) in [4.78, 5) is 15.6. The van der Waals surface area contributed by atoms with Crippen molar-refractivity contribution >= 4 is 22.7 Å². The second-order valence-electron chi connectivity index (χ2n) is 3.33. The van der Waals surface area contributed by atoms with E-state index in [0.717, 1.165) is 22.0 Å². The fourth-order valence-electron chi connectivity index (χ4n) is 1.80. The molecule has 1 aliphatic heterocycles. The van der Waals surface area contributed by atoms with Crippen LogP contribution in [0.2, 0.25) is 0 Å². The lowest BCUT2D eigenvalue weighted by Gasteiger charge is -1.93. The lowest BCUT2D eigenvalue weighted by molar-refractivity contribution is 1.62. The van der Waals surface area contributed by atoms with Gasteiger partial charge < -0.3 is 0 Å². The van der Waals surface area contributed by atoms with Gasteiger partial charge in [0.05, 0.1) is 5.69 Å². The van der Waals surface area contributed by atoms with Crippen LogP contribution in [0, 0.1) is 0 Å². The number of aliphatic imine (C=N–C) groups is 1. The molecule has 66 valence electrons. The molecule has 2 aromatic rings. The molecule has 0 unspecified atom stereocenters. The highest BCUT2D eigenvalue weighted by Crippen LogP contribution is 2.30. The van der Waals surface area contributed by atoms with Gasteiger partial charge in [0, 0.05) is 17.2 Å². The second kappa shape index (κ2) is 2.51. The fraction of sp³-hybridized carbons (Fsp3) is 0. The maximum atomic E-state index is 11.3. The van der Waals surface area contributed by atoms with E-state index in [1.54, 1.807) is 18.2 Å².